The van der Waals surface area contributed by atoms with Crippen molar-refractivity contribution in [2.45, 2.75) is 27.2 Å². The molecule has 3 aliphatic heterocycles. The number of nitrogens with zero attached hydrogens (tertiary/aromatic N) is 2. The Morgan fingerprint density at radius 3 is 2.40 bits per heavy atom. The molecule has 3 aromatic rings. The van der Waals surface area contributed by atoms with Gasteiger partial charge in [-0.05, 0) is 36.4 Å². The van der Waals surface area contributed by atoms with E-state index in [0.717, 1.165) is 12.2 Å². The van der Waals surface area contributed by atoms with Crippen LogP contribution in [0.25, 0.3) is 0 Å². The lowest BCUT2D eigenvalue weighted by Gasteiger charge is -2.43. The Morgan fingerprint density at radius 1 is 0.900 bits per heavy atom. The summed E-state index contributed by atoms with van der Waals surface area (Å²) in [5.41, 5.74) is 3.79. The van der Waals surface area contributed by atoms with Gasteiger partial charge in [-0.15, -0.1) is 0 Å². The van der Waals surface area contributed by atoms with Crippen LogP contribution in [0.2, 0.25) is 0 Å². The number of allylic oxidation sites excluding steroid dienone is 1. The predicted molar refractivity (Wildman–Crippen MR) is 127 cm³/mol. The van der Waals surface area contributed by atoms with Crippen molar-refractivity contribution < 1.29 is 4.74 Å². The third kappa shape index (κ3) is 2.69. The molecule has 0 amide bonds. The van der Waals surface area contributed by atoms with E-state index in [1.165, 1.54) is 31.8 Å². The van der Waals surface area contributed by atoms with Crippen LogP contribution in [-0.2, 0) is 0 Å². The van der Waals surface area contributed by atoms with Gasteiger partial charge in [-0.2, -0.15) is 0 Å². The minimum absolute atomic E-state index is 0.276. The molecule has 5 heteroatoms. The van der Waals surface area contributed by atoms with E-state index < -0.39 is 5.06 Å². The molecule has 0 N–H and O–H groups in total. The lowest BCUT2D eigenvalue weighted by molar-refractivity contribution is 0.135. The van der Waals surface area contributed by atoms with Crippen LogP contribution >= 0.6 is 23.5 Å². The van der Waals surface area contributed by atoms with E-state index in [0.29, 0.717) is 0 Å². The summed E-state index contributed by atoms with van der Waals surface area (Å²) >= 11 is 3.69. The summed E-state index contributed by atoms with van der Waals surface area (Å²) in [7, 11) is 4.32. The molecule has 0 aliphatic carbocycles. The predicted octanol–water partition coefficient (Wildman–Crippen LogP) is 6.53. The van der Waals surface area contributed by atoms with E-state index in [4.69, 9.17) is 4.74 Å². The Morgan fingerprint density at radius 2 is 1.60 bits per heavy atom. The van der Waals surface area contributed by atoms with Gasteiger partial charge in [-0.3, -0.25) is 0 Å². The lowest BCUT2D eigenvalue weighted by Crippen LogP contribution is -2.49. The summed E-state index contributed by atoms with van der Waals surface area (Å²) in [6, 6.07) is 25.7. The van der Waals surface area contributed by atoms with Crippen molar-refractivity contribution in [3.63, 3.8) is 0 Å². The number of anilines is 2. The van der Waals surface area contributed by atoms with Crippen LogP contribution < -0.4 is 14.5 Å². The first-order chi connectivity index (χ1) is 14.6. The average molecular weight is 431 g/mol. The molecule has 0 bridgehead atoms. The van der Waals surface area contributed by atoms with Crippen molar-refractivity contribution in [1.82, 2.24) is 0 Å². The highest BCUT2D eigenvalue weighted by Gasteiger charge is 2.49. The second-order valence-corrected chi connectivity index (χ2v) is 10.3. The molecule has 3 nitrogen and oxygen atoms in total. The minimum atomic E-state index is -0.422. The Kier molecular flexibility index (Phi) is 4.12. The molecule has 30 heavy (non-hydrogen) atoms. The first kappa shape index (κ1) is 18.3. The van der Waals surface area contributed by atoms with Gasteiger partial charge in [-0.25, -0.2) is 0 Å². The van der Waals surface area contributed by atoms with Crippen molar-refractivity contribution >= 4 is 34.9 Å². The maximum absolute atomic E-state index is 6.70. The largest absolute Gasteiger partial charge is 0.458 e. The molecule has 0 saturated heterocycles. The monoisotopic (exact) mass is 430 g/mol. The standard InChI is InChI=1S/C25H22N2OS2/c1-26-19-10-4-7-13-22(19)29-24(26)15-17-16-25(28-21-12-6-3-9-18(17)21)27(2)20-11-5-8-14-23(20)30-25/h3-15,17H,16H2,1-2H3/b24-15-. The summed E-state index contributed by atoms with van der Waals surface area (Å²) in [6.45, 7) is 0. The molecule has 3 aliphatic rings. The van der Waals surface area contributed by atoms with Crippen molar-refractivity contribution in [2.24, 2.45) is 0 Å². The smallest absolute Gasteiger partial charge is 0.236 e. The molecule has 3 aromatic carbocycles. The molecule has 1 spiro atoms. The number of benzene rings is 3. The van der Waals surface area contributed by atoms with Crippen LogP contribution in [0.4, 0.5) is 11.4 Å². The van der Waals surface area contributed by atoms with E-state index in [9.17, 15) is 0 Å². The normalized spacial score (nSPS) is 25.3. The SMILES string of the molecule is CN1/C(=C/C2CC3(Oc4ccccc42)Sc2ccccc2N3C)Sc2ccccc21. The Labute approximate surface area is 185 Å². The number of thioether (sulfide) groups is 2. The van der Waals surface area contributed by atoms with E-state index in [1.54, 1.807) is 0 Å². The first-order valence-corrected chi connectivity index (χ1v) is 11.8. The highest BCUT2D eigenvalue weighted by atomic mass is 32.2. The summed E-state index contributed by atoms with van der Waals surface area (Å²) in [5, 5.41) is 0.866. The van der Waals surface area contributed by atoms with Gasteiger partial charge in [-0.1, -0.05) is 66.0 Å². The van der Waals surface area contributed by atoms with Crippen molar-refractivity contribution in [3.8, 4) is 5.75 Å². The van der Waals surface area contributed by atoms with Crippen LogP contribution in [-0.4, -0.2) is 19.2 Å². The third-order valence-electron chi connectivity index (χ3n) is 6.19. The Balaban J connectivity index is 1.41. The molecule has 2 unspecified atom stereocenters. The lowest BCUT2D eigenvalue weighted by atomic mass is 9.91. The Hall–Kier alpha value is -2.50. The average Bonchev–Trinajstić information content (AvgIpc) is 3.22. The number of hydrogen-bond acceptors (Lipinski definition) is 5. The van der Waals surface area contributed by atoms with Gasteiger partial charge in [0.2, 0.25) is 5.06 Å². The molecule has 0 aromatic heterocycles. The van der Waals surface area contributed by atoms with Crippen molar-refractivity contribution in [3.05, 3.63) is 89.5 Å². The zero-order valence-corrected chi connectivity index (χ0v) is 18.5. The maximum atomic E-state index is 6.70. The quantitative estimate of drug-likeness (QED) is 0.435. The minimum Gasteiger partial charge on any atom is -0.458 e. The summed E-state index contributed by atoms with van der Waals surface area (Å²) in [5.74, 6) is 1.26. The highest BCUT2D eigenvalue weighted by Crippen LogP contribution is 2.57. The van der Waals surface area contributed by atoms with Crippen LogP contribution in [0.1, 0.15) is 17.9 Å². The number of fused-ring (bicyclic) bond motifs is 3. The fourth-order valence-corrected chi connectivity index (χ4v) is 7.16. The molecule has 0 fully saturated rings. The second kappa shape index (κ2) is 6.76. The summed E-state index contributed by atoms with van der Waals surface area (Å²) < 4.78 is 6.70. The van der Waals surface area contributed by atoms with Crippen LogP contribution in [0.3, 0.4) is 0 Å². The topological polar surface area (TPSA) is 15.7 Å². The van der Waals surface area contributed by atoms with Crippen molar-refractivity contribution in [1.29, 1.82) is 0 Å². The molecule has 0 radical (unpaired) electrons. The van der Waals surface area contributed by atoms with Crippen molar-refractivity contribution in [2.75, 3.05) is 23.9 Å². The molecule has 0 saturated carbocycles. The molecular weight excluding hydrogens is 408 g/mol. The van der Waals surface area contributed by atoms with E-state index >= 15 is 0 Å². The molecule has 2 atom stereocenters. The van der Waals surface area contributed by atoms with Gasteiger partial charge >= 0.3 is 0 Å². The van der Waals surface area contributed by atoms with Gasteiger partial charge in [0.25, 0.3) is 0 Å². The van der Waals surface area contributed by atoms with Crippen LogP contribution in [0.15, 0.2) is 93.7 Å². The highest BCUT2D eigenvalue weighted by molar-refractivity contribution is 8.03. The number of para-hydroxylation sites is 3. The maximum Gasteiger partial charge on any atom is 0.236 e. The number of hydrogen-bond donors (Lipinski definition) is 0. The Bertz CT molecular complexity index is 1180. The van der Waals surface area contributed by atoms with Gasteiger partial charge in [0, 0.05) is 41.8 Å². The second-order valence-electron chi connectivity index (χ2n) is 7.93. The summed E-state index contributed by atoms with van der Waals surface area (Å²) in [6.07, 6.45) is 3.33. The van der Waals surface area contributed by atoms with Crippen LogP contribution in [0.5, 0.6) is 5.75 Å². The van der Waals surface area contributed by atoms with Gasteiger partial charge in [0.05, 0.1) is 16.4 Å². The van der Waals surface area contributed by atoms with E-state index in [2.05, 4.69) is 103 Å². The fraction of sp³-hybridized carbons (Fsp3) is 0.200. The first-order valence-electron chi connectivity index (χ1n) is 10.2. The van der Waals surface area contributed by atoms with Crippen LogP contribution in [0, 0.1) is 0 Å². The summed E-state index contributed by atoms with van der Waals surface area (Å²) in [4.78, 5) is 7.23. The third-order valence-corrected chi connectivity index (χ3v) is 8.78. The van der Waals surface area contributed by atoms with E-state index in [-0.39, 0.29) is 5.92 Å². The molecule has 6 rings (SSSR count). The van der Waals surface area contributed by atoms with Gasteiger partial charge < -0.3 is 14.5 Å². The number of rotatable bonds is 1. The van der Waals surface area contributed by atoms with Gasteiger partial charge in [0.15, 0.2) is 0 Å². The number of ether oxygens (including phenoxy) is 1. The fourth-order valence-electron chi connectivity index (χ4n) is 4.58. The molecule has 3 heterocycles. The molecule has 150 valence electrons. The zero-order chi connectivity index (χ0) is 20.3. The van der Waals surface area contributed by atoms with Gasteiger partial charge in [0.1, 0.15) is 5.75 Å². The molecular formula is C25H22N2OS2. The van der Waals surface area contributed by atoms with E-state index in [1.807, 2.05) is 23.5 Å². The zero-order valence-electron chi connectivity index (χ0n) is 16.9.